The SMILES string of the molecule is CNS(=O)(=O)Cc1ccc(CNC(=O)c2cc(OC)cc(Br)c2OC)cc1. The highest BCUT2D eigenvalue weighted by atomic mass is 79.9. The van der Waals surface area contributed by atoms with Crippen molar-refractivity contribution in [1.82, 2.24) is 10.0 Å². The fourth-order valence-electron chi connectivity index (χ4n) is 2.39. The first-order valence-corrected chi connectivity index (χ1v) is 10.4. The minimum Gasteiger partial charge on any atom is -0.497 e. The fraction of sp³-hybridized carbons (Fsp3) is 0.278. The number of ether oxygens (including phenoxy) is 2. The number of benzene rings is 2. The first kappa shape index (κ1) is 21.2. The standard InChI is InChI=1S/C18H21BrN2O5S/c1-20-27(23,24)11-13-6-4-12(5-7-13)10-21-18(22)15-8-14(25-2)9-16(19)17(15)26-3/h4-9,20H,10-11H2,1-3H3,(H,21,22). The Balaban J connectivity index is 2.09. The molecule has 9 heteroatoms. The van der Waals surface area contributed by atoms with Gasteiger partial charge in [-0.15, -0.1) is 0 Å². The Labute approximate surface area is 167 Å². The summed E-state index contributed by atoms with van der Waals surface area (Å²) in [5.41, 5.74) is 1.85. The lowest BCUT2D eigenvalue weighted by Crippen LogP contribution is -2.23. The van der Waals surface area contributed by atoms with E-state index >= 15 is 0 Å². The van der Waals surface area contributed by atoms with Gasteiger partial charge in [0.25, 0.3) is 5.91 Å². The second kappa shape index (κ2) is 9.20. The summed E-state index contributed by atoms with van der Waals surface area (Å²) in [7, 11) is 1.07. The highest BCUT2D eigenvalue weighted by Crippen LogP contribution is 2.33. The molecule has 2 N–H and O–H groups in total. The third-order valence-corrected chi connectivity index (χ3v) is 5.77. The number of methoxy groups -OCH3 is 2. The van der Waals surface area contributed by atoms with Crippen LogP contribution in [0.5, 0.6) is 11.5 Å². The second-order valence-corrected chi connectivity index (χ2v) is 8.43. The van der Waals surface area contributed by atoms with Gasteiger partial charge in [-0.25, -0.2) is 13.1 Å². The number of halogens is 1. The molecule has 0 fully saturated rings. The van der Waals surface area contributed by atoms with Gasteiger partial charge in [-0.05, 0) is 46.2 Å². The Morgan fingerprint density at radius 2 is 1.70 bits per heavy atom. The third kappa shape index (κ3) is 5.69. The summed E-state index contributed by atoms with van der Waals surface area (Å²) in [6.45, 7) is 0.288. The average Bonchev–Trinajstić information content (AvgIpc) is 2.66. The van der Waals surface area contributed by atoms with Crippen molar-refractivity contribution in [2.75, 3.05) is 21.3 Å². The van der Waals surface area contributed by atoms with E-state index in [1.807, 2.05) is 0 Å². The number of amides is 1. The molecular formula is C18H21BrN2O5S. The lowest BCUT2D eigenvalue weighted by Gasteiger charge is -2.13. The molecule has 0 unspecified atom stereocenters. The largest absolute Gasteiger partial charge is 0.497 e. The predicted molar refractivity (Wildman–Crippen MR) is 107 cm³/mol. The maximum Gasteiger partial charge on any atom is 0.255 e. The highest BCUT2D eigenvalue weighted by molar-refractivity contribution is 9.10. The third-order valence-electron chi connectivity index (χ3n) is 3.85. The number of nitrogens with one attached hydrogen (secondary N) is 2. The Bertz CT molecular complexity index is 914. The Hall–Kier alpha value is -2.10. The lowest BCUT2D eigenvalue weighted by molar-refractivity contribution is 0.0947. The van der Waals surface area contributed by atoms with E-state index in [-0.39, 0.29) is 18.2 Å². The molecule has 0 saturated carbocycles. The molecule has 2 aromatic carbocycles. The maximum absolute atomic E-state index is 12.6. The van der Waals surface area contributed by atoms with Crippen molar-refractivity contribution in [3.63, 3.8) is 0 Å². The summed E-state index contributed by atoms with van der Waals surface area (Å²) in [6, 6.07) is 10.3. The van der Waals surface area contributed by atoms with Crippen LogP contribution in [0.3, 0.4) is 0 Å². The van der Waals surface area contributed by atoms with Crippen molar-refractivity contribution < 1.29 is 22.7 Å². The predicted octanol–water partition coefficient (Wildman–Crippen LogP) is 2.45. The van der Waals surface area contributed by atoms with Crippen LogP contribution in [0.25, 0.3) is 0 Å². The zero-order valence-electron chi connectivity index (χ0n) is 15.2. The molecule has 2 rings (SSSR count). The Kier molecular flexibility index (Phi) is 7.23. The van der Waals surface area contributed by atoms with E-state index in [1.54, 1.807) is 36.4 Å². The van der Waals surface area contributed by atoms with Crippen molar-refractivity contribution in [3.8, 4) is 11.5 Å². The maximum atomic E-state index is 12.6. The van der Waals surface area contributed by atoms with Crippen molar-refractivity contribution in [2.45, 2.75) is 12.3 Å². The van der Waals surface area contributed by atoms with Crippen LogP contribution in [0.2, 0.25) is 0 Å². The van der Waals surface area contributed by atoms with Crippen molar-refractivity contribution in [2.24, 2.45) is 0 Å². The summed E-state index contributed by atoms with van der Waals surface area (Å²) >= 11 is 3.36. The zero-order chi connectivity index (χ0) is 20.0. The van der Waals surface area contributed by atoms with Crippen molar-refractivity contribution in [1.29, 1.82) is 0 Å². The van der Waals surface area contributed by atoms with Gasteiger partial charge in [-0.3, -0.25) is 4.79 Å². The lowest BCUT2D eigenvalue weighted by atomic mass is 10.1. The van der Waals surface area contributed by atoms with Gasteiger partial charge in [-0.2, -0.15) is 0 Å². The van der Waals surface area contributed by atoms with E-state index in [4.69, 9.17) is 9.47 Å². The first-order chi connectivity index (χ1) is 12.8. The van der Waals surface area contributed by atoms with Crippen LogP contribution in [0.15, 0.2) is 40.9 Å². The van der Waals surface area contributed by atoms with E-state index in [9.17, 15) is 13.2 Å². The molecule has 0 spiro atoms. The van der Waals surface area contributed by atoms with E-state index in [0.717, 1.165) is 5.56 Å². The molecule has 0 bridgehead atoms. The number of carbonyl (C=O) groups excluding carboxylic acids is 1. The molecular weight excluding hydrogens is 436 g/mol. The van der Waals surface area contributed by atoms with E-state index in [2.05, 4.69) is 26.0 Å². The minimum atomic E-state index is -3.32. The molecule has 0 aliphatic rings. The van der Waals surface area contributed by atoms with Gasteiger partial charge >= 0.3 is 0 Å². The van der Waals surface area contributed by atoms with Crippen LogP contribution in [0.4, 0.5) is 0 Å². The highest BCUT2D eigenvalue weighted by Gasteiger charge is 2.17. The van der Waals surface area contributed by atoms with E-state index < -0.39 is 10.0 Å². The van der Waals surface area contributed by atoms with Gasteiger partial charge in [0.15, 0.2) is 0 Å². The van der Waals surface area contributed by atoms with Crippen molar-refractivity contribution in [3.05, 3.63) is 57.6 Å². The average molecular weight is 457 g/mol. The molecule has 0 aliphatic heterocycles. The number of hydrogen-bond donors (Lipinski definition) is 2. The minimum absolute atomic E-state index is 0.0921. The van der Waals surface area contributed by atoms with Crippen LogP contribution in [0, 0.1) is 0 Å². The molecule has 1 amide bonds. The van der Waals surface area contributed by atoms with Crippen LogP contribution in [-0.2, 0) is 22.3 Å². The van der Waals surface area contributed by atoms with Gasteiger partial charge < -0.3 is 14.8 Å². The number of carbonyl (C=O) groups is 1. The zero-order valence-corrected chi connectivity index (χ0v) is 17.6. The smallest absolute Gasteiger partial charge is 0.255 e. The number of sulfonamides is 1. The Morgan fingerprint density at radius 1 is 1.07 bits per heavy atom. The fourth-order valence-corrected chi connectivity index (χ4v) is 3.76. The first-order valence-electron chi connectivity index (χ1n) is 7.98. The monoisotopic (exact) mass is 456 g/mol. The van der Waals surface area contributed by atoms with Gasteiger partial charge in [0.1, 0.15) is 11.5 Å². The summed E-state index contributed by atoms with van der Waals surface area (Å²) in [5, 5.41) is 2.82. The topological polar surface area (TPSA) is 93.7 Å². The van der Waals surface area contributed by atoms with Gasteiger partial charge in [0.05, 0.1) is 30.0 Å². The summed E-state index contributed by atoms with van der Waals surface area (Å²) < 4.78 is 36.5. The van der Waals surface area contributed by atoms with Gasteiger partial charge in [0, 0.05) is 6.54 Å². The van der Waals surface area contributed by atoms with Gasteiger partial charge in [0.2, 0.25) is 10.0 Å². The molecule has 0 aromatic heterocycles. The molecule has 0 saturated heterocycles. The van der Waals surface area contributed by atoms with Crippen LogP contribution < -0.4 is 19.5 Å². The summed E-state index contributed by atoms with van der Waals surface area (Å²) in [5.74, 6) is 0.544. The van der Waals surface area contributed by atoms with Gasteiger partial charge in [-0.1, -0.05) is 24.3 Å². The molecule has 0 heterocycles. The van der Waals surface area contributed by atoms with Crippen molar-refractivity contribution >= 4 is 31.9 Å². The number of hydrogen-bond acceptors (Lipinski definition) is 5. The normalized spacial score (nSPS) is 11.1. The summed E-state index contributed by atoms with van der Waals surface area (Å²) in [6.07, 6.45) is 0. The second-order valence-electron chi connectivity index (χ2n) is 5.65. The molecule has 0 atom stereocenters. The molecule has 7 nitrogen and oxygen atoms in total. The molecule has 146 valence electrons. The molecule has 0 aliphatic carbocycles. The van der Waals surface area contributed by atoms with Crippen LogP contribution in [0.1, 0.15) is 21.5 Å². The van der Waals surface area contributed by atoms with E-state index in [1.165, 1.54) is 21.3 Å². The van der Waals surface area contributed by atoms with E-state index in [0.29, 0.717) is 27.1 Å². The number of rotatable bonds is 8. The summed E-state index contributed by atoms with van der Waals surface area (Å²) in [4.78, 5) is 12.6. The van der Waals surface area contributed by atoms with Crippen LogP contribution in [-0.4, -0.2) is 35.6 Å². The quantitative estimate of drug-likeness (QED) is 0.635. The molecule has 27 heavy (non-hydrogen) atoms. The molecule has 2 aromatic rings. The molecule has 0 radical (unpaired) electrons. The Morgan fingerprint density at radius 3 is 2.26 bits per heavy atom. The van der Waals surface area contributed by atoms with Crippen LogP contribution >= 0.6 is 15.9 Å².